The molecule has 7 heteroatoms. The number of halogens is 2. The molecule has 0 aliphatic carbocycles. The fraction of sp³-hybridized carbons (Fsp3) is 0. The van der Waals surface area contributed by atoms with Gasteiger partial charge in [-0.15, -0.1) is 0 Å². The summed E-state index contributed by atoms with van der Waals surface area (Å²) in [6, 6.07) is 7.19. The number of hydrogen-bond donors (Lipinski definition) is 2. The Bertz CT molecular complexity index is 521. The molecule has 0 aliphatic rings. The van der Waals surface area contributed by atoms with Crippen LogP contribution in [-0.2, 0) is 0 Å². The molecule has 3 N–H and O–H groups in total. The second kappa shape index (κ2) is 5.55. The second-order valence-electron chi connectivity index (χ2n) is 3.02. The number of nitrogens with one attached hydrogen (secondary N) is 1. The molecule has 0 fully saturated rings. The minimum Gasteiger partial charge on any atom is -0.307 e. The van der Waals surface area contributed by atoms with E-state index in [0.717, 1.165) is 5.03 Å². The fourth-order valence-electron chi connectivity index (χ4n) is 1.13. The SMILES string of the molecule is NNc1nc(Sc2ccccn2)c(Cl)cc1Cl. The molecule has 0 aliphatic heterocycles. The molecule has 17 heavy (non-hydrogen) atoms. The first kappa shape index (κ1) is 12.4. The van der Waals surface area contributed by atoms with Crippen molar-refractivity contribution >= 4 is 40.8 Å². The van der Waals surface area contributed by atoms with E-state index < -0.39 is 0 Å². The number of rotatable bonds is 3. The fourth-order valence-corrected chi connectivity index (χ4v) is 2.41. The topological polar surface area (TPSA) is 63.8 Å². The number of anilines is 1. The van der Waals surface area contributed by atoms with E-state index in [1.807, 2.05) is 18.2 Å². The summed E-state index contributed by atoms with van der Waals surface area (Å²) in [6.45, 7) is 0. The Balaban J connectivity index is 2.33. The van der Waals surface area contributed by atoms with Crippen LogP contribution in [0.2, 0.25) is 10.0 Å². The van der Waals surface area contributed by atoms with Crippen molar-refractivity contribution in [2.45, 2.75) is 10.1 Å². The first-order valence-electron chi connectivity index (χ1n) is 4.62. The highest BCUT2D eigenvalue weighted by molar-refractivity contribution is 7.99. The van der Waals surface area contributed by atoms with Gasteiger partial charge >= 0.3 is 0 Å². The van der Waals surface area contributed by atoms with E-state index >= 15 is 0 Å². The van der Waals surface area contributed by atoms with Gasteiger partial charge in [-0.25, -0.2) is 15.8 Å². The van der Waals surface area contributed by atoms with Crippen LogP contribution in [0.4, 0.5) is 5.82 Å². The maximum Gasteiger partial charge on any atom is 0.160 e. The lowest BCUT2D eigenvalue weighted by molar-refractivity contribution is 1.08. The lowest BCUT2D eigenvalue weighted by atomic mass is 10.4. The van der Waals surface area contributed by atoms with Gasteiger partial charge in [-0.1, -0.05) is 29.3 Å². The first-order chi connectivity index (χ1) is 8.20. The van der Waals surface area contributed by atoms with Gasteiger partial charge in [-0.3, -0.25) is 0 Å². The van der Waals surface area contributed by atoms with E-state index in [9.17, 15) is 0 Å². The Kier molecular flexibility index (Phi) is 4.06. The van der Waals surface area contributed by atoms with Gasteiger partial charge in [0.15, 0.2) is 5.82 Å². The Morgan fingerprint density at radius 3 is 2.71 bits per heavy atom. The predicted octanol–water partition coefficient (Wildman–Crippen LogP) is 3.22. The molecule has 88 valence electrons. The molecule has 2 aromatic rings. The van der Waals surface area contributed by atoms with Crippen molar-refractivity contribution in [1.29, 1.82) is 0 Å². The quantitative estimate of drug-likeness (QED) is 0.670. The van der Waals surface area contributed by atoms with Crippen LogP contribution in [0, 0.1) is 0 Å². The zero-order valence-corrected chi connectivity index (χ0v) is 10.9. The molecular formula is C10H8Cl2N4S. The standard InChI is InChI=1S/C10H8Cl2N4S/c11-6-5-7(12)10(15-9(6)16-13)17-8-3-1-2-4-14-8/h1-5H,13H2,(H,15,16). The summed E-state index contributed by atoms with van der Waals surface area (Å²) < 4.78 is 0. The van der Waals surface area contributed by atoms with Gasteiger partial charge in [0.05, 0.1) is 10.0 Å². The molecule has 4 nitrogen and oxygen atoms in total. The lowest BCUT2D eigenvalue weighted by Gasteiger charge is -2.07. The van der Waals surface area contributed by atoms with Crippen LogP contribution < -0.4 is 11.3 Å². The van der Waals surface area contributed by atoms with Gasteiger partial charge < -0.3 is 5.43 Å². The molecular weight excluding hydrogens is 279 g/mol. The molecule has 0 bridgehead atoms. The number of aromatic nitrogens is 2. The maximum absolute atomic E-state index is 6.04. The summed E-state index contributed by atoms with van der Waals surface area (Å²) in [6.07, 6.45) is 1.70. The van der Waals surface area contributed by atoms with Crippen LogP contribution in [0.5, 0.6) is 0 Å². The summed E-state index contributed by atoms with van der Waals surface area (Å²) in [5, 5.41) is 2.24. The van der Waals surface area contributed by atoms with Crippen molar-refractivity contribution in [3.8, 4) is 0 Å². The lowest BCUT2D eigenvalue weighted by Crippen LogP contribution is -2.09. The van der Waals surface area contributed by atoms with Crippen molar-refractivity contribution in [3.05, 3.63) is 40.5 Å². The monoisotopic (exact) mass is 286 g/mol. The first-order valence-corrected chi connectivity index (χ1v) is 6.19. The second-order valence-corrected chi connectivity index (χ2v) is 4.84. The van der Waals surface area contributed by atoms with Crippen LogP contribution in [0.1, 0.15) is 0 Å². The summed E-state index contributed by atoms with van der Waals surface area (Å²) in [7, 11) is 0. The van der Waals surface area contributed by atoms with Crippen molar-refractivity contribution < 1.29 is 0 Å². The van der Waals surface area contributed by atoms with Gasteiger partial charge in [-0.2, -0.15) is 0 Å². The molecule has 2 heterocycles. The molecule has 0 aromatic carbocycles. The third kappa shape index (κ3) is 3.01. The van der Waals surface area contributed by atoms with Crippen molar-refractivity contribution in [2.75, 3.05) is 5.43 Å². The minimum absolute atomic E-state index is 0.378. The number of nitrogens with zero attached hydrogens (tertiary/aromatic N) is 2. The molecule has 0 unspecified atom stereocenters. The average molecular weight is 287 g/mol. The molecule has 0 saturated carbocycles. The van der Waals surface area contributed by atoms with E-state index in [2.05, 4.69) is 15.4 Å². The largest absolute Gasteiger partial charge is 0.307 e. The highest BCUT2D eigenvalue weighted by Crippen LogP contribution is 2.34. The summed E-state index contributed by atoms with van der Waals surface area (Å²) in [5.41, 5.74) is 2.41. The summed E-state index contributed by atoms with van der Waals surface area (Å²) >= 11 is 13.3. The van der Waals surface area contributed by atoms with Crippen LogP contribution in [0.15, 0.2) is 40.5 Å². The van der Waals surface area contributed by atoms with E-state index in [1.54, 1.807) is 12.3 Å². The third-order valence-corrected chi connectivity index (χ3v) is 3.52. The number of nitrogen functional groups attached to an aromatic ring is 1. The summed E-state index contributed by atoms with van der Waals surface area (Å²) in [5.74, 6) is 5.68. The van der Waals surface area contributed by atoms with E-state index in [4.69, 9.17) is 29.0 Å². The van der Waals surface area contributed by atoms with Crippen LogP contribution in [0.25, 0.3) is 0 Å². The smallest absolute Gasteiger partial charge is 0.160 e. The Morgan fingerprint density at radius 2 is 2.06 bits per heavy atom. The highest BCUT2D eigenvalue weighted by atomic mass is 35.5. The Labute approximate surface area is 113 Å². The van der Waals surface area contributed by atoms with Crippen LogP contribution >= 0.6 is 35.0 Å². The molecule has 0 atom stereocenters. The van der Waals surface area contributed by atoms with Crippen molar-refractivity contribution in [2.24, 2.45) is 5.84 Å². The number of nitrogens with two attached hydrogens (primary N) is 1. The zero-order valence-electron chi connectivity index (χ0n) is 8.52. The minimum atomic E-state index is 0.378. The Hall–Kier alpha value is -1.01. The van der Waals surface area contributed by atoms with Gasteiger partial charge in [0.1, 0.15) is 10.1 Å². The number of pyridine rings is 2. The molecule has 2 rings (SSSR count). The molecule has 0 radical (unpaired) electrons. The van der Waals surface area contributed by atoms with Crippen LogP contribution in [-0.4, -0.2) is 9.97 Å². The van der Waals surface area contributed by atoms with E-state index in [0.29, 0.717) is 20.9 Å². The normalized spacial score (nSPS) is 10.3. The molecule has 0 spiro atoms. The molecule has 0 saturated heterocycles. The van der Waals surface area contributed by atoms with Crippen LogP contribution in [0.3, 0.4) is 0 Å². The van der Waals surface area contributed by atoms with E-state index in [1.165, 1.54) is 11.8 Å². The molecule has 0 amide bonds. The average Bonchev–Trinajstić information content (AvgIpc) is 2.34. The Morgan fingerprint density at radius 1 is 1.24 bits per heavy atom. The van der Waals surface area contributed by atoms with Gasteiger partial charge in [0.25, 0.3) is 0 Å². The van der Waals surface area contributed by atoms with Gasteiger partial charge in [0.2, 0.25) is 0 Å². The number of hydrogen-bond acceptors (Lipinski definition) is 5. The summed E-state index contributed by atoms with van der Waals surface area (Å²) in [4.78, 5) is 8.38. The third-order valence-electron chi connectivity index (χ3n) is 1.87. The zero-order chi connectivity index (χ0) is 12.3. The van der Waals surface area contributed by atoms with Crippen molar-refractivity contribution in [1.82, 2.24) is 9.97 Å². The maximum atomic E-state index is 6.04. The number of hydrazine groups is 1. The van der Waals surface area contributed by atoms with Crippen molar-refractivity contribution in [3.63, 3.8) is 0 Å². The van der Waals surface area contributed by atoms with Gasteiger partial charge in [0, 0.05) is 6.20 Å². The highest BCUT2D eigenvalue weighted by Gasteiger charge is 2.10. The van der Waals surface area contributed by atoms with Gasteiger partial charge in [-0.05, 0) is 30.0 Å². The molecule has 2 aromatic heterocycles. The van der Waals surface area contributed by atoms with E-state index in [-0.39, 0.29) is 0 Å². The predicted molar refractivity (Wildman–Crippen MR) is 70.4 cm³/mol.